The number of amides is 1. The lowest BCUT2D eigenvalue weighted by atomic mass is 9.98. The van der Waals surface area contributed by atoms with Crippen molar-refractivity contribution in [3.8, 4) is 12.3 Å². The molecule has 140 valence electrons. The maximum atomic E-state index is 12.9. The third-order valence-electron chi connectivity index (χ3n) is 4.36. The average Bonchev–Trinajstić information content (AvgIpc) is 3.03. The normalized spacial score (nSPS) is 19.8. The molecule has 0 unspecified atom stereocenters. The van der Waals surface area contributed by atoms with Gasteiger partial charge in [-0.3, -0.25) is 4.79 Å². The molecule has 2 rings (SSSR count). The number of carbonyl (C=O) groups excluding carboxylic acids is 2. The molecule has 0 spiro atoms. The number of likely N-dealkylation sites (tertiary alicyclic amines) is 1. The Kier molecular flexibility index (Phi) is 6.05. The molecule has 0 aromatic heterocycles. The largest absolute Gasteiger partial charge is 0.464 e. The Hall–Kier alpha value is -2.37. The molecule has 1 amide bonds. The molecular weight excluding hydrogens is 356 g/mol. The number of benzene rings is 1. The van der Waals surface area contributed by atoms with Crippen LogP contribution in [0.25, 0.3) is 0 Å². The minimum atomic E-state index is -3.81. The van der Waals surface area contributed by atoms with E-state index in [4.69, 9.17) is 11.2 Å². The molecule has 1 aliphatic rings. The summed E-state index contributed by atoms with van der Waals surface area (Å²) in [5.41, 5.74) is -0.866. The van der Waals surface area contributed by atoms with Crippen LogP contribution >= 0.6 is 0 Å². The van der Waals surface area contributed by atoms with Crippen LogP contribution in [-0.4, -0.2) is 50.4 Å². The minimum absolute atomic E-state index is 0.0596. The standard InChI is InChI=1S/C18H22N2O5S/c1-4-11-19-26(23,24)15-9-6-8-14(13-15)16(21)20-12-7-10-18(20,3)17(22)25-5-2/h1,6,8-9,13,19H,5,7,10-12H2,2-3H3/t18-/m1/s1. The van der Waals surface area contributed by atoms with Gasteiger partial charge < -0.3 is 9.64 Å². The van der Waals surface area contributed by atoms with Gasteiger partial charge in [0.2, 0.25) is 10.0 Å². The van der Waals surface area contributed by atoms with Gasteiger partial charge in [-0.2, -0.15) is 4.72 Å². The first kappa shape index (κ1) is 19.9. The number of terminal acetylenes is 1. The molecule has 1 aromatic carbocycles. The third-order valence-corrected chi connectivity index (χ3v) is 5.76. The fourth-order valence-corrected chi connectivity index (χ4v) is 3.94. The summed E-state index contributed by atoms with van der Waals surface area (Å²) in [6, 6.07) is 5.66. The quantitative estimate of drug-likeness (QED) is 0.592. The highest BCUT2D eigenvalue weighted by Gasteiger charge is 2.47. The summed E-state index contributed by atoms with van der Waals surface area (Å²) < 4.78 is 31.8. The Morgan fingerprint density at radius 2 is 2.15 bits per heavy atom. The van der Waals surface area contributed by atoms with Crippen molar-refractivity contribution in [3.63, 3.8) is 0 Å². The number of nitrogens with one attached hydrogen (secondary N) is 1. The number of rotatable bonds is 6. The van der Waals surface area contributed by atoms with E-state index in [0.717, 1.165) is 0 Å². The van der Waals surface area contributed by atoms with Crippen LogP contribution in [0.4, 0.5) is 0 Å². The van der Waals surface area contributed by atoms with Gasteiger partial charge >= 0.3 is 5.97 Å². The van der Waals surface area contributed by atoms with E-state index in [1.165, 1.54) is 29.2 Å². The fourth-order valence-electron chi connectivity index (χ4n) is 2.96. The van der Waals surface area contributed by atoms with E-state index < -0.39 is 27.4 Å². The van der Waals surface area contributed by atoms with E-state index in [-0.39, 0.29) is 23.6 Å². The first-order chi connectivity index (χ1) is 12.3. The first-order valence-electron chi connectivity index (χ1n) is 8.28. The number of nitrogens with zero attached hydrogens (tertiary/aromatic N) is 1. The zero-order valence-corrected chi connectivity index (χ0v) is 15.6. The number of hydrogen-bond donors (Lipinski definition) is 1. The van der Waals surface area contributed by atoms with Crippen molar-refractivity contribution in [1.29, 1.82) is 0 Å². The van der Waals surface area contributed by atoms with Crippen molar-refractivity contribution in [2.24, 2.45) is 0 Å². The zero-order chi connectivity index (χ0) is 19.4. The zero-order valence-electron chi connectivity index (χ0n) is 14.8. The van der Waals surface area contributed by atoms with Gasteiger partial charge in [0.05, 0.1) is 18.0 Å². The Morgan fingerprint density at radius 1 is 1.42 bits per heavy atom. The van der Waals surface area contributed by atoms with Crippen LogP contribution in [0.5, 0.6) is 0 Å². The monoisotopic (exact) mass is 378 g/mol. The highest BCUT2D eigenvalue weighted by atomic mass is 32.2. The van der Waals surface area contributed by atoms with Crippen LogP contribution in [0.3, 0.4) is 0 Å². The summed E-state index contributed by atoms with van der Waals surface area (Å²) in [4.78, 5) is 26.6. The van der Waals surface area contributed by atoms with Crippen LogP contribution in [0.2, 0.25) is 0 Å². The topological polar surface area (TPSA) is 92.8 Å². The molecule has 1 atom stereocenters. The SMILES string of the molecule is C#CCNS(=O)(=O)c1cccc(C(=O)N2CCC[C@]2(C)C(=O)OCC)c1. The number of hydrogen-bond acceptors (Lipinski definition) is 5. The van der Waals surface area contributed by atoms with Gasteiger partial charge in [0, 0.05) is 12.1 Å². The van der Waals surface area contributed by atoms with E-state index in [1.54, 1.807) is 13.8 Å². The Labute approximate surface area is 153 Å². The molecule has 1 heterocycles. The van der Waals surface area contributed by atoms with Crippen molar-refractivity contribution >= 4 is 21.9 Å². The summed E-state index contributed by atoms with van der Waals surface area (Å²) in [6.07, 6.45) is 6.24. The van der Waals surface area contributed by atoms with Crippen molar-refractivity contribution < 1.29 is 22.7 Å². The lowest BCUT2D eigenvalue weighted by molar-refractivity contribution is -0.153. The molecule has 7 nitrogen and oxygen atoms in total. The second-order valence-corrected chi connectivity index (χ2v) is 7.88. The second-order valence-electron chi connectivity index (χ2n) is 6.11. The summed E-state index contributed by atoms with van der Waals surface area (Å²) >= 11 is 0. The number of ether oxygens (including phenoxy) is 1. The molecule has 0 radical (unpaired) electrons. The van der Waals surface area contributed by atoms with E-state index in [0.29, 0.717) is 19.4 Å². The van der Waals surface area contributed by atoms with Crippen molar-refractivity contribution in [2.75, 3.05) is 19.7 Å². The highest BCUT2D eigenvalue weighted by molar-refractivity contribution is 7.89. The van der Waals surface area contributed by atoms with Crippen LogP contribution in [0.1, 0.15) is 37.0 Å². The van der Waals surface area contributed by atoms with Crippen molar-refractivity contribution in [1.82, 2.24) is 9.62 Å². The van der Waals surface area contributed by atoms with Gasteiger partial charge in [-0.25, -0.2) is 13.2 Å². The van der Waals surface area contributed by atoms with E-state index in [9.17, 15) is 18.0 Å². The molecule has 1 N–H and O–H groups in total. The van der Waals surface area contributed by atoms with E-state index in [2.05, 4.69) is 10.6 Å². The molecule has 1 saturated heterocycles. The maximum Gasteiger partial charge on any atom is 0.331 e. The second kappa shape index (κ2) is 7.89. The average molecular weight is 378 g/mol. The van der Waals surface area contributed by atoms with Gasteiger partial charge in [0.1, 0.15) is 5.54 Å². The van der Waals surface area contributed by atoms with Gasteiger partial charge in [-0.15, -0.1) is 6.42 Å². The lowest BCUT2D eigenvalue weighted by Gasteiger charge is -2.33. The van der Waals surface area contributed by atoms with Crippen LogP contribution < -0.4 is 4.72 Å². The molecule has 0 bridgehead atoms. The predicted octanol–water partition coefficient (Wildman–Crippen LogP) is 1.16. The molecule has 0 aliphatic carbocycles. The van der Waals surface area contributed by atoms with E-state index >= 15 is 0 Å². The summed E-state index contributed by atoms with van der Waals surface area (Å²) in [7, 11) is -3.81. The molecule has 1 aromatic rings. The minimum Gasteiger partial charge on any atom is -0.464 e. The smallest absolute Gasteiger partial charge is 0.331 e. The first-order valence-corrected chi connectivity index (χ1v) is 9.77. The lowest BCUT2D eigenvalue weighted by Crippen LogP contribution is -2.51. The number of carbonyl (C=O) groups is 2. The Balaban J connectivity index is 2.31. The summed E-state index contributed by atoms with van der Waals surface area (Å²) in [5, 5.41) is 0. The summed E-state index contributed by atoms with van der Waals surface area (Å²) in [5.74, 6) is 1.33. The fraction of sp³-hybridized carbons (Fsp3) is 0.444. The Morgan fingerprint density at radius 3 is 2.81 bits per heavy atom. The molecule has 8 heteroatoms. The Bertz CT molecular complexity index is 843. The van der Waals surface area contributed by atoms with Gasteiger partial charge in [-0.1, -0.05) is 12.0 Å². The molecular formula is C18H22N2O5S. The highest BCUT2D eigenvalue weighted by Crippen LogP contribution is 2.32. The van der Waals surface area contributed by atoms with Crippen molar-refractivity contribution in [2.45, 2.75) is 37.1 Å². The van der Waals surface area contributed by atoms with Crippen LogP contribution in [0, 0.1) is 12.3 Å². The molecule has 0 saturated carbocycles. The van der Waals surface area contributed by atoms with E-state index in [1.807, 2.05) is 0 Å². The van der Waals surface area contributed by atoms with Crippen LogP contribution in [0.15, 0.2) is 29.2 Å². The number of sulfonamides is 1. The maximum absolute atomic E-state index is 12.9. The molecule has 26 heavy (non-hydrogen) atoms. The number of esters is 1. The van der Waals surface area contributed by atoms with Crippen molar-refractivity contribution in [3.05, 3.63) is 29.8 Å². The third kappa shape index (κ3) is 3.89. The van der Waals surface area contributed by atoms with Gasteiger partial charge in [-0.05, 0) is 44.9 Å². The van der Waals surface area contributed by atoms with Gasteiger partial charge in [0.15, 0.2) is 0 Å². The molecule has 1 aliphatic heterocycles. The molecule has 1 fully saturated rings. The summed E-state index contributed by atoms with van der Waals surface area (Å²) in [6.45, 7) is 3.87. The van der Waals surface area contributed by atoms with Gasteiger partial charge in [0.25, 0.3) is 5.91 Å². The predicted molar refractivity (Wildman–Crippen MR) is 95.8 cm³/mol. The van der Waals surface area contributed by atoms with Crippen LogP contribution in [-0.2, 0) is 19.6 Å².